The molecule has 0 amide bonds. The van der Waals surface area contributed by atoms with Crippen LogP contribution in [0.25, 0.3) is 238 Å². The molecule has 1 aliphatic rings. The summed E-state index contributed by atoms with van der Waals surface area (Å²) in [7, 11) is 0. The lowest BCUT2D eigenvalue weighted by Crippen LogP contribution is -2.26. The van der Waals surface area contributed by atoms with E-state index >= 15 is 0 Å². The van der Waals surface area contributed by atoms with Gasteiger partial charge in [0.25, 0.3) is 0 Å². The molecule has 0 spiro atoms. The van der Waals surface area contributed by atoms with Crippen LogP contribution in [-0.2, 0) is 11.8 Å². The van der Waals surface area contributed by atoms with Crippen LogP contribution in [0.5, 0.6) is 0 Å². The standard InChI is InChI=1S/C103H58N6OS2/c1-103(81-34-16-12-32-74(81)95-99(103)104-93(59-41-50-87-79(53-59)68-29-14-18-36-85(68)111-87)100(105-95)108-82-48-46-71-65-26-7-6-24-63(65)64-25-10-11-31-70(64)89(71)91(82)76-44-39-57-20-2-4-22-61(57)97(76)108)55-56-38-43-73-78(52-56)67-28-9-8-27-66(67)72-47-49-83-92(90(72)73)77-45-40-58-21-3-5-23-62(58)98(77)109(83)101-94(107-102-96(106-101)75-33-13-17-35-84(75)110-102)60-42-51-88-80(54-60)69-30-15-19-37-86(69)112-88/h2-54H,55H2,1H3. The number of rotatable bonds is 6. The average molecular weight is 1460 g/mol. The first-order valence-corrected chi connectivity index (χ1v) is 40.0. The van der Waals surface area contributed by atoms with E-state index in [1.165, 1.54) is 127 Å². The molecule has 7 aromatic heterocycles. The molecule has 1 aliphatic carbocycles. The third-order valence-corrected chi connectivity index (χ3v) is 27.2. The number of benzene rings is 18. The largest absolute Gasteiger partial charge is 0.436 e. The summed E-state index contributed by atoms with van der Waals surface area (Å²) >= 11 is 3.66. The molecule has 518 valence electrons. The predicted octanol–water partition coefficient (Wildman–Crippen LogP) is 28.2. The Morgan fingerprint density at radius 1 is 0.312 bits per heavy atom. The van der Waals surface area contributed by atoms with Crippen LogP contribution >= 0.6 is 22.7 Å². The molecule has 0 radical (unpaired) electrons. The number of thiophene rings is 2. The van der Waals surface area contributed by atoms with Crippen molar-refractivity contribution in [3.8, 4) is 45.4 Å². The Balaban J connectivity index is 0.717. The Labute approximate surface area is 646 Å². The quantitative estimate of drug-likeness (QED) is 0.155. The maximum Gasteiger partial charge on any atom is 0.247 e. The fraction of sp³-hybridized carbons (Fsp3) is 0.0291. The predicted molar refractivity (Wildman–Crippen MR) is 472 cm³/mol. The van der Waals surface area contributed by atoms with Crippen LogP contribution < -0.4 is 0 Å². The molecule has 112 heavy (non-hydrogen) atoms. The summed E-state index contributed by atoms with van der Waals surface area (Å²) in [5.41, 5.74) is 14.6. The molecule has 1 atom stereocenters. The van der Waals surface area contributed by atoms with Crippen molar-refractivity contribution in [3.63, 3.8) is 0 Å². The minimum absolute atomic E-state index is 0.505. The van der Waals surface area contributed by atoms with Gasteiger partial charge in [-0.15, -0.1) is 22.7 Å². The van der Waals surface area contributed by atoms with Crippen molar-refractivity contribution in [2.45, 2.75) is 18.8 Å². The summed E-state index contributed by atoms with van der Waals surface area (Å²) < 4.78 is 16.5. The van der Waals surface area contributed by atoms with Gasteiger partial charge in [0.1, 0.15) is 22.5 Å². The van der Waals surface area contributed by atoms with Gasteiger partial charge in [-0.05, 0) is 150 Å². The molecule has 1 unspecified atom stereocenters. The molecule has 18 aromatic carbocycles. The van der Waals surface area contributed by atoms with E-state index in [0.717, 1.165) is 122 Å². The van der Waals surface area contributed by atoms with Gasteiger partial charge < -0.3 is 4.42 Å². The molecule has 0 aliphatic heterocycles. The summed E-state index contributed by atoms with van der Waals surface area (Å²) in [6.45, 7) is 2.42. The lowest BCUT2D eigenvalue weighted by atomic mass is 9.77. The summed E-state index contributed by atoms with van der Waals surface area (Å²) in [6.07, 6.45) is 0.656. The highest BCUT2D eigenvalue weighted by Crippen LogP contribution is 2.55. The Kier molecular flexibility index (Phi) is 12.2. The summed E-state index contributed by atoms with van der Waals surface area (Å²) in [4.78, 5) is 24.0. The molecule has 0 N–H and O–H groups in total. The third-order valence-electron chi connectivity index (χ3n) is 24.9. The van der Waals surface area contributed by atoms with E-state index in [0.29, 0.717) is 12.1 Å². The Morgan fingerprint density at radius 2 is 0.750 bits per heavy atom. The fourth-order valence-electron chi connectivity index (χ4n) is 20.0. The highest BCUT2D eigenvalue weighted by atomic mass is 32.1. The van der Waals surface area contributed by atoms with Gasteiger partial charge in [-0.25, -0.2) is 19.9 Å². The van der Waals surface area contributed by atoms with Crippen LogP contribution in [0.15, 0.2) is 326 Å². The molecular weight excluding hydrogens is 1400 g/mol. The molecule has 7 nitrogen and oxygen atoms in total. The Morgan fingerprint density at radius 3 is 1.35 bits per heavy atom. The van der Waals surface area contributed by atoms with Crippen LogP contribution in [0.4, 0.5) is 0 Å². The van der Waals surface area contributed by atoms with Crippen LogP contribution in [0.3, 0.4) is 0 Å². The Hall–Kier alpha value is -14.0. The van der Waals surface area contributed by atoms with E-state index in [1.807, 2.05) is 34.8 Å². The zero-order valence-corrected chi connectivity index (χ0v) is 61.8. The maximum absolute atomic E-state index is 6.66. The molecular formula is C103H58N6OS2. The molecule has 0 fully saturated rings. The molecule has 0 saturated carbocycles. The lowest BCUT2D eigenvalue weighted by molar-refractivity contribution is 0.564. The first-order chi connectivity index (χ1) is 55.4. The zero-order chi connectivity index (χ0) is 72.9. The number of nitrogens with zero attached hydrogens (tertiary/aromatic N) is 6. The van der Waals surface area contributed by atoms with Crippen LogP contribution in [-0.4, -0.2) is 29.1 Å². The molecule has 0 bridgehead atoms. The highest BCUT2D eigenvalue weighted by molar-refractivity contribution is 7.26. The number of hydrogen-bond acceptors (Lipinski definition) is 7. The van der Waals surface area contributed by atoms with Gasteiger partial charge in [0.05, 0.1) is 33.5 Å². The van der Waals surface area contributed by atoms with Crippen molar-refractivity contribution in [2.75, 3.05) is 0 Å². The van der Waals surface area contributed by atoms with Crippen LogP contribution in [0, 0.1) is 0 Å². The minimum Gasteiger partial charge on any atom is -0.436 e. The van der Waals surface area contributed by atoms with Crippen molar-refractivity contribution >= 4 is 215 Å². The van der Waals surface area contributed by atoms with Crippen molar-refractivity contribution in [1.29, 1.82) is 0 Å². The van der Waals surface area contributed by atoms with E-state index in [4.69, 9.17) is 24.4 Å². The molecule has 0 saturated heterocycles. The van der Waals surface area contributed by atoms with Gasteiger partial charge in [-0.3, -0.25) is 9.13 Å². The van der Waals surface area contributed by atoms with E-state index in [2.05, 4.69) is 325 Å². The number of furan rings is 1. The number of fused-ring (bicyclic) bond motifs is 36. The van der Waals surface area contributed by atoms with E-state index in [9.17, 15) is 0 Å². The molecule has 7 heterocycles. The summed E-state index contributed by atoms with van der Waals surface area (Å²) in [6, 6.07) is 119. The minimum atomic E-state index is -0.641. The Bertz CT molecular complexity index is 8570. The van der Waals surface area contributed by atoms with Gasteiger partial charge in [0.2, 0.25) is 5.71 Å². The van der Waals surface area contributed by atoms with Gasteiger partial charge >= 0.3 is 0 Å². The highest BCUT2D eigenvalue weighted by Gasteiger charge is 2.44. The zero-order valence-electron chi connectivity index (χ0n) is 60.2. The van der Waals surface area contributed by atoms with Gasteiger partial charge in [-0.1, -0.05) is 261 Å². The number of hydrogen-bond donors (Lipinski definition) is 0. The van der Waals surface area contributed by atoms with Crippen molar-refractivity contribution in [1.82, 2.24) is 29.1 Å². The van der Waals surface area contributed by atoms with Gasteiger partial charge in [0, 0.05) is 111 Å². The fourth-order valence-corrected chi connectivity index (χ4v) is 22.2. The van der Waals surface area contributed by atoms with E-state index < -0.39 is 5.41 Å². The normalized spacial score (nSPS) is 14.0. The second-order valence-corrected chi connectivity index (χ2v) is 32.9. The molecule has 26 rings (SSSR count). The van der Waals surface area contributed by atoms with Gasteiger partial charge in [-0.2, -0.15) is 0 Å². The molecule has 9 heteroatoms. The SMILES string of the molecule is CC1(Cc2ccc3c(c2)c2ccccc2c2ccc4c(c5ccc6ccccc6c5n4-c4nc5c(nc4-c4ccc6sc7ccccc7c6c4)oc4ccccc45)c23)c2ccccc2-c2nc(-n3c4ccc5c6ccccc6c6ccccc6c5c4c4ccc5ccccc5c43)c(-c3ccc4sc5ccccc5c4c3)nc21. The van der Waals surface area contributed by atoms with Gasteiger partial charge in [0.15, 0.2) is 11.6 Å². The van der Waals surface area contributed by atoms with Crippen molar-refractivity contribution in [3.05, 3.63) is 338 Å². The van der Waals surface area contributed by atoms with E-state index in [1.54, 1.807) is 0 Å². The first kappa shape index (κ1) is 61.0. The summed E-state index contributed by atoms with van der Waals surface area (Å²) in [5, 5.41) is 29.7. The van der Waals surface area contributed by atoms with Crippen molar-refractivity contribution < 1.29 is 4.42 Å². The van der Waals surface area contributed by atoms with E-state index in [-0.39, 0.29) is 0 Å². The summed E-state index contributed by atoms with van der Waals surface area (Å²) in [5.74, 6) is 1.54. The second-order valence-electron chi connectivity index (χ2n) is 30.7. The topological polar surface area (TPSA) is 74.6 Å². The second kappa shape index (κ2) is 22.4. The third kappa shape index (κ3) is 8.21. The van der Waals surface area contributed by atoms with Crippen LogP contribution in [0.1, 0.15) is 23.7 Å². The molecule has 25 aromatic rings. The average Bonchev–Trinajstić information content (AvgIpc) is 1.52. The van der Waals surface area contributed by atoms with Crippen LogP contribution in [0.2, 0.25) is 0 Å². The first-order valence-electron chi connectivity index (χ1n) is 38.4. The maximum atomic E-state index is 6.66. The van der Waals surface area contributed by atoms with Crippen molar-refractivity contribution in [2.24, 2.45) is 0 Å². The number of aromatic nitrogens is 6. The lowest BCUT2D eigenvalue weighted by Gasteiger charge is -2.27. The monoisotopic (exact) mass is 1460 g/mol. The number of para-hydroxylation sites is 1. The smallest absolute Gasteiger partial charge is 0.247 e.